The maximum atomic E-state index is 12.7. The molecule has 4 unspecified atom stereocenters. The largest absolute Gasteiger partial charge is 0.480 e. The number of nitrogens with zero attached hydrogens (tertiary/aromatic N) is 1. The van der Waals surface area contributed by atoms with Crippen LogP contribution < -0.4 is 21.7 Å². The van der Waals surface area contributed by atoms with Crippen molar-refractivity contribution in [3.05, 3.63) is 18.2 Å². The second kappa shape index (κ2) is 13.9. The minimum absolute atomic E-state index is 0.0319. The molecule has 1 heterocycles. The number of thioether (sulfide) groups is 1. The molecule has 12 nitrogen and oxygen atoms in total. The van der Waals surface area contributed by atoms with Crippen molar-refractivity contribution in [3.8, 4) is 0 Å². The SMILES string of the molecule is CSCCC(N)C(=O)NC(CS)C(=O)NC(Cc1cnc[nH]1)C(=O)NC(CO)C(=O)O. The van der Waals surface area contributed by atoms with Gasteiger partial charge in [0.15, 0.2) is 0 Å². The van der Waals surface area contributed by atoms with Crippen molar-refractivity contribution in [1.82, 2.24) is 25.9 Å². The van der Waals surface area contributed by atoms with Gasteiger partial charge >= 0.3 is 5.97 Å². The number of imidazole rings is 1. The molecule has 1 aromatic rings. The summed E-state index contributed by atoms with van der Waals surface area (Å²) >= 11 is 5.62. The van der Waals surface area contributed by atoms with Crippen molar-refractivity contribution >= 4 is 48.1 Å². The van der Waals surface area contributed by atoms with E-state index in [1.807, 2.05) is 6.26 Å². The van der Waals surface area contributed by atoms with Crippen LogP contribution in [0.2, 0.25) is 0 Å². The number of aromatic amines is 1. The smallest absolute Gasteiger partial charge is 0.328 e. The molecule has 0 spiro atoms. The van der Waals surface area contributed by atoms with Crippen LogP contribution in [0, 0.1) is 0 Å². The van der Waals surface area contributed by atoms with Crippen molar-refractivity contribution in [2.75, 3.05) is 24.4 Å². The number of carbonyl (C=O) groups excluding carboxylic acids is 3. The van der Waals surface area contributed by atoms with Gasteiger partial charge in [0.05, 0.1) is 19.0 Å². The number of nitrogens with one attached hydrogen (secondary N) is 4. The van der Waals surface area contributed by atoms with Gasteiger partial charge in [-0.1, -0.05) is 0 Å². The quantitative estimate of drug-likeness (QED) is 0.134. The van der Waals surface area contributed by atoms with Crippen LogP contribution in [0.1, 0.15) is 12.1 Å². The first-order chi connectivity index (χ1) is 14.7. The average molecular weight is 477 g/mol. The first-order valence-corrected chi connectivity index (χ1v) is 11.3. The molecule has 31 heavy (non-hydrogen) atoms. The summed E-state index contributed by atoms with van der Waals surface area (Å²) in [4.78, 5) is 55.2. The highest BCUT2D eigenvalue weighted by Crippen LogP contribution is 2.03. The van der Waals surface area contributed by atoms with Gasteiger partial charge in [0, 0.05) is 24.1 Å². The topological polar surface area (TPSA) is 200 Å². The summed E-state index contributed by atoms with van der Waals surface area (Å²) in [5, 5.41) is 25.3. The van der Waals surface area contributed by atoms with Crippen molar-refractivity contribution in [3.63, 3.8) is 0 Å². The molecule has 0 fully saturated rings. The van der Waals surface area contributed by atoms with E-state index in [1.54, 1.807) is 0 Å². The third kappa shape index (κ3) is 9.16. The van der Waals surface area contributed by atoms with Crippen LogP contribution in [0.15, 0.2) is 12.5 Å². The normalized spacial score (nSPS) is 14.7. The maximum absolute atomic E-state index is 12.7. The number of hydrogen-bond donors (Lipinski definition) is 8. The van der Waals surface area contributed by atoms with Crippen LogP contribution in [-0.4, -0.2) is 92.4 Å². The van der Waals surface area contributed by atoms with Crippen molar-refractivity contribution in [2.45, 2.75) is 37.0 Å². The Labute approximate surface area is 188 Å². The van der Waals surface area contributed by atoms with Gasteiger partial charge in [-0.2, -0.15) is 24.4 Å². The van der Waals surface area contributed by atoms with Gasteiger partial charge < -0.3 is 36.9 Å². The fourth-order valence-corrected chi connectivity index (χ4v) is 3.15. The number of amides is 3. The minimum Gasteiger partial charge on any atom is -0.480 e. The van der Waals surface area contributed by atoms with Crippen LogP contribution >= 0.6 is 24.4 Å². The number of carboxylic acids is 1. The van der Waals surface area contributed by atoms with Gasteiger partial charge in [0.1, 0.15) is 18.1 Å². The lowest BCUT2D eigenvalue weighted by atomic mass is 10.1. The molecule has 0 aliphatic heterocycles. The Morgan fingerprint density at radius 3 is 2.29 bits per heavy atom. The van der Waals surface area contributed by atoms with Gasteiger partial charge in [0.25, 0.3) is 0 Å². The highest BCUT2D eigenvalue weighted by molar-refractivity contribution is 7.98. The van der Waals surface area contributed by atoms with E-state index in [9.17, 15) is 19.2 Å². The molecule has 0 radical (unpaired) electrons. The Bertz CT molecular complexity index is 735. The standard InChI is InChI=1S/C17H28N6O6S2/c1-31-3-2-10(18)14(25)23-13(7-30)16(27)21-11(4-9-5-19-8-20-9)15(26)22-12(6-24)17(28)29/h5,8,10-13,24,30H,2-4,6-7,18H2,1H3,(H,19,20)(H,21,27)(H,22,26)(H,23,25)(H,28,29). The van der Waals surface area contributed by atoms with Gasteiger partial charge in [-0.3, -0.25) is 14.4 Å². The van der Waals surface area contributed by atoms with E-state index in [1.165, 1.54) is 24.3 Å². The molecule has 174 valence electrons. The number of nitrogens with two attached hydrogens (primary N) is 1. The molecule has 0 saturated heterocycles. The van der Waals surface area contributed by atoms with Gasteiger partial charge in [-0.25, -0.2) is 9.78 Å². The first kappa shape index (κ1) is 26.7. The predicted molar refractivity (Wildman–Crippen MR) is 118 cm³/mol. The molecular weight excluding hydrogens is 448 g/mol. The number of aliphatic carboxylic acids is 1. The zero-order valence-corrected chi connectivity index (χ0v) is 18.6. The fraction of sp³-hybridized carbons (Fsp3) is 0.588. The van der Waals surface area contributed by atoms with Gasteiger partial charge in [-0.05, 0) is 18.4 Å². The van der Waals surface area contributed by atoms with Gasteiger partial charge in [0.2, 0.25) is 17.7 Å². The zero-order valence-electron chi connectivity index (χ0n) is 16.9. The second-order valence-electron chi connectivity index (χ2n) is 6.56. The van der Waals surface area contributed by atoms with Crippen molar-refractivity contribution in [1.29, 1.82) is 0 Å². The maximum Gasteiger partial charge on any atom is 0.328 e. The summed E-state index contributed by atoms with van der Waals surface area (Å²) in [6.45, 7) is -0.824. The lowest BCUT2D eigenvalue weighted by molar-refractivity contribution is -0.143. The molecular formula is C17H28N6O6S2. The Morgan fingerprint density at radius 1 is 1.16 bits per heavy atom. The lowest BCUT2D eigenvalue weighted by Crippen LogP contribution is -2.58. The highest BCUT2D eigenvalue weighted by Gasteiger charge is 2.30. The predicted octanol–water partition coefficient (Wildman–Crippen LogP) is -2.51. The molecule has 4 atom stereocenters. The van der Waals surface area contributed by atoms with Gasteiger partial charge in [-0.15, -0.1) is 0 Å². The fourth-order valence-electron chi connectivity index (χ4n) is 2.40. The first-order valence-electron chi connectivity index (χ1n) is 9.30. The van der Waals surface area contributed by atoms with Crippen molar-refractivity contribution in [2.24, 2.45) is 5.73 Å². The minimum atomic E-state index is -1.54. The second-order valence-corrected chi connectivity index (χ2v) is 7.91. The van der Waals surface area contributed by atoms with E-state index in [0.29, 0.717) is 17.9 Å². The number of carbonyl (C=O) groups is 4. The molecule has 0 aromatic carbocycles. The third-order valence-corrected chi connectivity index (χ3v) is 5.20. The number of hydrogen-bond acceptors (Lipinski definition) is 9. The summed E-state index contributed by atoms with van der Waals surface area (Å²) in [5.74, 6) is -2.86. The van der Waals surface area contributed by atoms with Crippen LogP contribution in [-0.2, 0) is 25.6 Å². The molecule has 0 aliphatic carbocycles. The number of aliphatic hydroxyl groups is 1. The molecule has 3 amide bonds. The summed E-state index contributed by atoms with van der Waals surface area (Å²) in [6, 6.07) is -4.61. The van der Waals surface area contributed by atoms with E-state index >= 15 is 0 Å². The summed E-state index contributed by atoms with van der Waals surface area (Å²) < 4.78 is 0. The number of H-pyrrole nitrogens is 1. The van der Waals surface area contributed by atoms with E-state index in [-0.39, 0.29) is 12.2 Å². The Kier molecular flexibility index (Phi) is 12.0. The molecule has 0 bridgehead atoms. The van der Waals surface area contributed by atoms with E-state index in [0.717, 1.165) is 0 Å². The van der Waals surface area contributed by atoms with Crippen LogP contribution in [0.25, 0.3) is 0 Å². The molecule has 1 rings (SSSR count). The molecule has 0 saturated carbocycles. The monoisotopic (exact) mass is 476 g/mol. The van der Waals surface area contributed by atoms with Crippen LogP contribution in [0.4, 0.5) is 0 Å². The van der Waals surface area contributed by atoms with E-state index < -0.39 is 54.5 Å². The molecule has 8 N–H and O–H groups in total. The summed E-state index contributed by atoms with van der Waals surface area (Å²) in [7, 11) is 0. The Hall–Kier alpha value is -2.29. The van der Waals surface area contributed by atoms with E-state index in [4.69, 9.17) is 15.9 Å². The number of aromatic nitrogens is 2. The molecule has 0 aliphatic rings. The number of thiol groups is 1. The van der Waals surface area contributed by atoms with Crippen molar-refractivity contribution < 1.29 is 29.4 Å². The summed E-state index contributed by atoms with van der Waals surface area (Å²) in [5.41, 5.74) is 6.31. The van der Waals surface area contributed by atoms with Crippen LogP contribution in [0.3, 0.4) is 0 Å². The third-order valence-electron chi connectivity index (χ3n) is 4.19. The van der Waals surface area contributed by atoms with Crippen LogP contribution in [0.5, 0.6) is 0 Å². The lowest BCUT2D eigenvalue weighted by Gasteiger charge is -2.24. The molecule has 1 aromatic heterocycles. The number of rotatable bonds is 14. The Morgan fingerprint density at radius 2 is 1.77 bits per heavy atom. The number of carboxylic acid groups (broad SMARTS) is 1. The summed E-state index contributed by atoms with van der Waals surface area (Å²) in [6.07, 6.45) is 5.10. The highest BCUT2D eigenvalue weighted by atomic mass is 32.2. The average Bonchev–Trinajstić information content (AvgIpc) is 3.25. The number of aliphatic hydroxyl groups excluding tert-OH is 1. The zero-order chi connectivity index (χ0) is 23.4. The molecule has 14 heteroatoms. The Balaban J connectivity index is 2.87. The van der Waals surface area contributed by atoms with E-state index in [2.05, 4.69) is 38.5 Å².